The van der Waals surface area contributed by atoms with Crippen LogP contribution in [0.2, 0.25) is 10.0 Å². The van der Waals surface area contributed by atoms with Gasteiger partial charge in [-0.05, 0) is 67.1 Å². The lowest BCUT2D eigenvalue weighted by Gasteiger charge is -2.35. The van der Waals surface area contributed by atoms with Crippen molar-refractivity contribution in [1.29, 1.82) is 0 Å². The Morgan fingerprint density at radius 3 is 2.37 bits per heavy atom. The average molecular weight is 633 g/mol. The van der Waals surface area contributed by atoms with Crippen LogP contribution in [0.3, 0.4) is 0 Å². The van der Waals surface area contributed by atoms with E-state index >= 15 is 0 Å². The van der Waals surface area contributed by atoms with Crippen molar-refractivity contribution in [3.63, 3.8) is 0 Å². The maximum Gasteiger partial charge on any atom is 0.408 e. The van der Waals surface area contributed by atoms with Gasteiger partial charge in [-0.1, -0.05) is 93.4 Å². The molecule has 8 nitrogen and oxygen atoms in total. The van der Waals surface area contributed by atoms with Gasteiger partial charge in [0, 0.05) is 21.4 Å². The molecule has 0 bridgehead atoms. The first-order valence-electron chi connectivity index (χ1n) is 15.2. The molecule has 0 aromatic heterocycles. The Hall–Kier alpha value is -2.65. The molecule has 2 aliphatic rings. The minimum Gasteiger partial charge on any atom is -0.440 e. The molecule has 5 atom stereocenters. The summed E-state index contributed by atoms with van der Waals surface area (Å²) in [7, 11) is 0. The molecular weight excluding hydrogens is 589 g/mol. The second-order valence-electron chi connectivity index (χ2n) is 12.4. The molecule has 2 aromatic rings. The maximum absolute atomic E-state index is 13.6. The van der Waals surface area contributed by atoms with Crippen molar-refractivity contribution in [2.45, 2.75) is 95.0 Å². The van der Waals surface area contributed by atoms with E-state index in [2.05, 4.69) is 16.0 Å². The smallest absolute Gasteiger partial charge is 0.408 e. The van der Waals surface area contributed by atoms with Crippen molar-refractivity contribution in [3.05, 3.63) is 69.7 Å². The minimum absolute atomic E-state index is 0.140. The number of carbonyl (C=O) groups excluding carboxylic acids is 3. The first kappa shape index (κ1) is 33.2. The quantitative estimate of drug-likeness (QED) is 0.211. The Labute approximate surface area is 264 Å². The number of aliphatic hydroxyl groups is 1. The highest BCUT2D eigenvalue weighted by molar-refractivity contribution is 6.30. The lowest BCUT2D eigenvalue weighted by Crippen LogP contribution is -2.52. The first-order chi connectivity index (χ1) is 20.6. The Balaban J connectivity index is 1.53. The molecule has 1 heterocycles. The Bertz CT molecular complexity index is 1240. The number of rotatable bonds is 12. The van der Waals surface area contributed by atoms with Crippen LogP contribution in [0.5, 0.6) is 0 Å². The van der Waals surface area contributed by atoms with Crippen LogP contribution in [0.25, 0.3) is 0 Å². The number of aliphatic hydroxyl groups excluding tert-OH is 1. The zero-order valence-corrected chi connectivity index (χ0v) is 26.4. The highest BCUT2D eigenvalue weighted by atomic mass is 35.5. The summed E-state index contributed by atoms with van der Waals surface area (Å²) in [4.78, 5) is 39.1. The Kier molecular flexibility index (Phi) is 11.9. The van der Waals surface area contributed by atoms with E-state index in [0.29, 0.717) is 42.1 Å². The molecule has 0 radical (unpaired) electrons. The zero-order chi connectivity index (χ0) is 31.0. The van der Waals surface area contributed by atoms with Crippen molar-refractivity contribution >= 4 is 41.5 Å². The lowest BCUT2D eigenvalue weighted by molar-refractivity contribution is -0.126. The van der Waals surface area contributed by atoms with Crippen LogP contribution in [0.15, 0.2) is 48.5 Å². The van der Waals surface area contributed by atoms with Gasteiger partial charge >= 0.3 is 6.09 Å². The predicted octanol–water partition coefficient (Wildman–Crippen LogP) is 6.08. The van der Waals surface area contributed by atoms with Crippen molar-refractivity contribution < 1.29 is 24.2 Å². The standard InChI is InChI=1S/C33H43Cl2N3O5/c1-33(2,24-9-6-10-26(35)19-24)29(22-11-13-25(34)14-12-22)43-32(42)38-28(17-21-7-4-3-5-8-21)31(41)37-27(20-39)18-23-15-16-36-30(23)40/h6,9-14,19-21,23,27-30,36,40H,3-5,7-8,15-18H2,1-2H3,(H,37,41)(H,38,42)/t23-,27-,28-,29?,30?/m0/s1. The number of hydrogen-bond acceptors (Lipinski definition) is 6. The monoisotopic (exact) mass is 631 g/mol. The molecule has 2 amide bonds. The van der Waals surface area contributed by atoms with E-state index in [0.717, 1.165) is 43.2 Å². The second-order valence-corrected chi connectivity index (χ2v) is 13.3. The number of carbonyl (C=O) groups is 3. The number of alkyl carbamates (subject to hydrolysis) is 1. The molecule has 4 N–H and O–H groups in total. The number of hydrogen-bond donors (Lipinski definition) is 4. The van der Waals surface area contributed by atoms with Gasteiger partial charge in [-0.15, -0.1) is 0 Å². The van der Waals surface area contributed by atoms with E-state index in [1.807, 2.05) is 44.2 Å². The van der Waals surface area contributed by atoms with Gasteiger partial charge in [0.05, 0.1) is 6.04 Å². The van der Waals surface area contributed by atoms with Crippen LogP contribution in [0, 0.1) is 11.8 Å². The SMILES string of the molecule is CC(C)(c1cccc(Cl)c1)C(OC(=O)N[C@@H](CC1CCCCC1)C(=O)N[C@H](C=O)C[C@@H]1CCNC1O)c1ccc(Cl)cc1. The number of benzene rings is 2. The summed E-state index contributed by atoms with van der Waals surface area (Å²) in [6.07, 6.45) is 5.28. The summed E-state index contributed by atoms with van der Waals surface area (Å²) in [6.45, 7) is 4.60. The van der Waals surface area contributed by atoms with Gasteiger partial charge in [0.25, 0.3) is 0 Å². The molecule has 2 aromatic carbocycles. The number of nitrogens with one attached hydrogen (secondary N) is 3. The van der Waals surface area contributed by atoms with Crippen LogP contribution in [-0.4, -0.2) is 48.2 Å². The van der Waals surface area contributed by atoms with Gasteiger partial charge < -0.3 is 25.3 Å². The lowest BCUT2D eigenvalue weighted by atomic mass is 9.76. The fourth-order valence-electron chi connectivity index (χ4n) is 6.33. The summed E-state index contributed by atoms with van der Waals surface area (Å²) in [5.41, 5.74) is 0.917. The summed E-state index contributed by atoms with van der Waals surface area (Å²) in [6, 6.07) is 12.9. The van der Waals surface area contributed by atoms with Gasteiger partial charge in [-0.2, -0.15) is 0 Å². The van der Waals surface area contributed by atoms with E-state index < -0.39 is 41.8 Å². The molecule has 2 unspecified atom stereocenters. The third-order valence-electron chi connectivity index (χ3n) is 8.89. The van der Waals surface area contributed by atoms with Crippen molar-refractivity contribution in [3.8, 4) is 0 Å². The fraction of sp³-hybridized carbons (Fsp3) is 0.545. The third kappa shape index (κ3) is 9.17. The second kappa shape index (κ2) is 15.4. The predicted molar refractivity (Wildman–Crippen MR) is 168 cm³/mol. The van der Waals surface area contributed by atoms with Crippen LogP contribution < -0.4 is 16.0 Å². The number of halogens is 2. The van der Waals surface area contributed by atoms with Crippen LogP contribution in [-0.2, 0) is 19.7 Å². The van der Waals surface area contributed by atoms with Crippen molar-refractivity contribution in [2.24, 2.45) is 11.8 Å². The third-order valence-corrected chi connectivity index (χ3v) is 9.37. The molecule has 4 rings (SSSR count). The molecule has 1 aliphatic heterocycles. The summed E-state index contributed by atoms with van der Waals surface area (Å²) in [5.74, 6) is -0.299. The summed E-state index contributed by atoms with van der Waals surface area (Å²) < 4.78 is 6.13. The highest BCUT2D eigenvalue weighted by Gasteiger charge is 2.38. The molecular formula is C33H43Cl2N3O5. The normalized spacial score (nSPS) is 21.4. The minimum atomic E-state index is -0.884. The zero-order valence-electron chi connectivity index (χ0n) is 24.9. The molecule has 0 spiro atoms. The van der Waals surface area contributed by atoms with Crippen LogP contribution >= 0.6 is 23.2 Å². The van der Waals surface area contributed by atoms with Gasteiger partial charge in [0.2, 0.25) is 5.91 Å². The van der Waals surface area contributed by atoms with Gasteiger partial charge in [-0.3, -0.25) is 10.1 Å². The molecule has 10 heteroatoms. The Morgan fingerprint density at radius 2 is 1.74 bits per heavy atom. The molecule has 2 fully saturated rings. The molecule has 1 saturated carbocycles. The highest BCUT2D eigenvalue weighted by Crippen LogP contribution is 2.41. The van der Waals surface area contributed by atoms with E-state index in [1.165, 1.54) is 0 Å². The van der Waals surface area contributed by atoms with Crippen molar-refractivity contribution in [1.82, 2.24) is 16.0 Å². The summed E-state index contributed by atoms with van der Waals surface area (Å²) >= 11 is 12.5. The van der Waals surface area contributed by atoms with Gasteiger partial charge in [0.1, 0.15) is 24.7 Å². The molecule has 43 heavy (non-hydrogen) atoms. The van der Waals surface area contributed by atoms with Crippen LogP contribution in [0.1, 0.15) is 82.4 Å². The molecule has 1 aliphatic carbocycles. The topological polar surface area (TPSA) is 117 Å². The largest absolute Gasteiger partial charge is 0.440 e. The average Bonchev–Trinajstić information content (AvgIpc) is 3.40. The Morgan fingerprint density at radius 1 is 1.02 bits per heavy atom. The van der Waals surface area contributed by atoms with Crippen LogP contribution in [0.4, 0.5) is 4.79 Å². The number of ether oxygens (including phenoxy) is 1. The number of amides is 2. The maximum atomic E-state index is 13.6. The van der Waals surface area contributed by atoms with Crippen molar-refractivity contribution in [2.75, 3.05) is 6.54 Å². The van der Waals surface area contributed by atoms with E-state index in [4.69, 9.17) is 27.9 Å². The van der Waals surface area contributed by atoms with E-state index in [1.54, 1.807) is 18.2 Å². The number of aldehydes is 1. The van der Waals surface area contributed by atoms with E-state index in [9.17, 15) is 19.5 Å². The summed E-state index contributed by atoms with van der Waals surface area (Å²) in [5, 5.41) is 19.9. The van der Waals surface area contributed by atoms with E-state index in [-0.39, 0.29) is 11.8 Å². The first-order valence-corrected chi connectivity index (χ1v) is 16.0. The fourth-order valence-corrected chi connectivity index (χ4v) is 6.64. The molecule has 1 saturated heterocycles. The van der Waals surface area contributed by atoms with Gasteiger partial charge in [0.15, 0.2) is 0 Å². The molecule has 234 valence electrons. The van der Waals surface area contributed by atoms with Gasteiger partial charge in [-0.25, -0.2) is 4.79 Å².